The van der Waals surface area contributed by atoms with Gasteiger partial charge in [0.15, 0.2) is 0 Å². The van der Waals surface area contributed by atoms with Crippen molar-refractivity contribution in [1.82, 2.24) is 4.90 Å². The molecular formula is C18H18F3NO3. The molecule has 134 valence electrons. The summed E-state index contributed by atoms with van der Waals surface area (Å²) < 4.78 is 44.7. The molecule has 2 aromatic rings. The van der Waals surface area contributed by atoms with Crippen LogP contribution in [0.4, 0.5) is 13.2 Å². The summed E-state index contributed by atoms with van der Waals surface area (Å²) in [6, 6.07) is 11.3. The lowest BCUT2D eigenvalue weighted by molar-refractivity contribution is -0.188. The van der Waals surface area contributed by atoms with Crippen molar-refractivity contribution in [1.29, 1.82) is 0 Å². The second kappa shape index (κ2) is 6.55. The lowest BCUT2D eigenvalue weighted by atomic mass is 9.96. The van der Waals surface area contributed by atoms with Crippen molar-refractivity contribution in [3.8, 4) is 5.75 Å². The van der Waals surface area contributed by atoms with E-state index in [-0.39, 0.29) is 19.6 Å². The smallest absolute Gasteiger partial charge is 0.393 e. The van der Waals surface area contributed by atoms with E-state index in [0.29, 0.717) is 5.75 Å². The van der Waals surface area contributed by atoms with Crippen LogP contribution in [0.3, 0.4) is 0 Å². The summed E-state index contributed by atoms with van der Waals surface area (Å²) in [7, 11) is 1.54. The summed E-state index contributed by atoms with van der Waals surface area (Å²) in [5.41, 5.74) is 0.794. The van der Waals surface area contributed by atoms with Crippen molar-refractivity contribution in [3.05, 3.63) is 42.0 Å². The summed E-state index contributed by atoms with van der Waals surface area (Å²) in [6.45, 7) is -0.179. The number of hydrogen-bond acceptors (Lipinski definition) is 3. The number of hydrogen-bond donors (Lipinski definition) is 1. The number of aliphatic carboxylic acids is 1. The molecule has 1 saturated heterocycles. The summed E-state index contributed by atoms with van der Waals surface area (Å²) in [5.74, 6) is -4.02. The van der Waals surface area contributed by atoms with Gasteiger partial charge in [0.1, 0.15) is 5.75 Å². The van der Waals surface area contributed by atoms with Crippen LogP contribution in [0.15, 0.2) is 36.4 Å². The number of carbonyl (C=O) groups is 1. The van der Waals surface area contributed by atoms with Gasteiger partial charge >= 0.3 is 12.1 Å². The van der Waals surface area contributed by atoms with Crippen LogP contribution in [0.1, 0.15) is 5.56 Å². The molecule has 2 aromatic carbocycles. The van der Waals surface area contributed by atoms with E-state index >= 15 is 0 Å². The molecule has 0 bridgehead atoms. The van der Waals surface area contributed by atoms with Crippen LogP contribution in [0.25, 0.3) is 10.8 Å². The van der Waals surface area contributed by atoms with E-state index in [9.17, 15) is 18.0 Å². The largest absolute Gasteiger partial charge is 0.496 e. The minimum absolute atomic E-state index is 0.116. The first-order chi connectivity index (χ1) is 11.8. The molecule has 0 aromatic heterocycles. The minimum Gasteiger partial charge on any atom is -0.496 e. The fourth-order valence-electron chi connectivity index (χ4n) is 3.45. The number of halogens is 3. The van der Waals surface area contributed by atoms with Gasteiger partial charge in [-0.05, 0) is 23.1 Å². The quantitative estimate of drug-likeness (QED) is 0.913. The van der Waals surface area contributed by atoms with Crippen LogP contribution in [0.2, 0.25) is 0 Å². The number of benzene rings is 2. The first-order valence-corrected chi connectivity index (χ1v) is 7.87. The van der Waals surface area contributed by atoms with Crippen LogP contribution in [0.5, 0.6) is 5.75 Å². The molecule has 25 heavy (non-hydrogen) atoms. The molecule has 1 fully saturated rings. The molecule has 1 aliphatic heterocycles. The third-order valence-electron chi connectivity index (χ3n) is 4.64. The molecule has 4 nitrogen and oxygen atoms in total. The lowest BCUT2D eigenvalue weighted by Crippen LogP contribution is -2.33. The normalized spacial score (nSPS) is 21.6. The maximum atomic E-state index is 13.1. The number of rotatable bonds is 4. The maximum absolute atomic E-state index is 13.1. The Morgan fingerprint density at radius 1 is 1.28 bits per heavy atom. The van der Waals surface area contributed by atoms with Gasteiger partial charge in [-0.15, -0.1) is 0 Å². The number of ether oxygens (including phenoxy) is 1. The van der Waals surface area contributed by atoms with Gasteiger partial charge < -0.3 is 9.84 Å². The van der Waals surface area contributed by atoms with E-state index in [2.05, 4.69) is 0 Å². The third kappa shape index (κ3) is 3.56. The molecule has 0 spiro atoms. The first-order valence-electron chi connectivity index (χ1n) is 7.87. The highest BCUT2D eigenvalue weighted by Gasteiger charge is 2.52. The second-order valence-corrected chi connectivity index (χ2v) is 6.31. The predicted molar refractivity (Wildman–Crippen MR) is 86.4 cm³/mol. The third-order valence-corrected chi connectivity index (χ3v) is 4.64. The highest BCUT2D eigenvalue weighted by atomic mass is 19.4. The SMILES string of the molecule is COc1cc(CN2C[C@@H](C(F)(F)F)[C@H](C(=O)O)C2)cc2ccccc12. The van der Waals surface area contributed by atoms with Gasteiger partial charge in [-0.1, -0.05) is 24.3 Å². The summed E-state index contributed by atoms with van der Waals surface area (Å²) >= 11 is 0. The van der Waals surface area contributed by atoms with Crippen molar-refractivity contribution in [3.63, 3.8) is 0 Å². The Bertz CT molecular complexity index is 791. The van der Waals surface area contributed by atoms with Gasteiger partial charge in [-0.3, -0.25) is 9.69 Å². The number of alkyl halides is 3. The zero-order valence-electron chi connectivity index (χ0n) is 13.6. The molecule has 1 heterocycles. The van der Waals surface area contributed by atoms with Gasteiger partial charge in [-0.25, -0.2) is 0 Å². The average Bonchev–Trinajstić information content (AvgIpc) is 2.98. The summed E-state index contributed by atoms with van der Waals surface area (Å²) in [4.78, 5) is 12.7. The van der Waals surface area contributed by atoms with Gasteiger partial charge in [0.05, 0.1) is 18.9 Å². The van der Waals surface area contributed by atoms with Crippen LogP contribution < -0.4 is 4.74 Å². The Hall–Kier alpha value is -2.28. The summed E-state index contributed by atoms with van der Waals surface area (Å²) in [5, 5.41) is 11.0. The number of carboxylic acids is 1. The predicted octanol–water partition coefficient (Wildman–Crippen LogP) is 3.54. The zero-order valence-corrected chi connectivity index (χ0v) is 13.6. The van der Waals surface area contributed by atoms with E-state index in [0.717, 1.165) is 16.3 Å². The Morgan fingerprint density at radius 3 is 2.60 bits per heavy atom. The topological polar surface area (TPSA) is 49.8 Å². The van der Waals surface area contributed by atoms with Crippen molar-refractivity contribution in [2.75, 3.05) is 20.2 Å². The number of likely N-dealkylation sites (tertiary alicyclic amines) is 1. The Morgan fingerprint density at radius 2 is 2.00 bits per heavy atom. The zero-order chi connectivity index (χ0) is 18.2. The number of carboxylic acid groups (broad SMARTS) is 1. The molecule has 0 radical (unpaired) electrons. The maximum Gasteiger partial charge on any atom is 0.393 e. The molecule has 0 saturated carbocycles. The van der Waals surface area contributed by atoms with E-state index < -0.39 is 24.0 Å². The van der Waals surface area contributed by atoms with Gasteiger partial charge in [-0.2, -0.15) is 13.2 Å². The molecule has 2 atom stereocenters. The van der Waals surface area contributed by atoms with Gasteiger partial charge in [0, 0.05) is 25.0 Å². The molecule has 3 rings (SSSR count). The fourth-order valence-corrected chi connectivity index (χ4v) is 3.45. The highest BCUT2D eigenvalue weighted by Crippen LogP contribution is 2.38. The van der Waals surface area contributed by atoms with Crippen LogP contribution >= 0.6 is 0 Å². The van der Waals surface area contributed by atoms with Gasteiger partial charge in [0.25, 0.3) is 0 Å². The number of fused-ring (bicyclic) bond motifs is 1. The molecular weight excluding hydrogens is 335 g/mol. The van der Waals surface area contributed by atoms with E-state index in [1.54, 1.807) is 18.1 Å². The fraction of sp³-hybridized carbons (Fsp3) is 0.389. The van der Waals surface area contributed by atoms with Crippen molar-refractivity contribution in [2.24, 2.45) is 11.8 Å². The molecule has 0 unspecified atom stereocenters. The molecule has 1 N–H and O–H groups in total. The Kier molecular flexibility index (Phi) is 4.60. The molecule has 0 amide bonds. The standard InChI is InChI=1S/C18H18F3NO3/c1-25-16-7-11(6-12-4-2-3-5-13(12)16)8-22-9-14(17(23)24)15(10-22)18(19,20)21/h2-7,14-15H,8-10H2,1H3,(H,23,24)/t14-,15-/m1/s1. The van der Waals surface area contributed by atoms with E-state index in [1.807, 2.05) is 30.3 Å². The molecule has 7 heteroatoms. The number of methoxy groups -OCH3 is 1. The average molecular weight is 353 g/mol. The molecule has 0 aliphatic carbocycles. The second-order valence-electron chi connectivity index (χ2n) is 6.31. The Labute approximate surface area is 142 Å². The van der Waals surface area contributed by atoms with Crippen LogP contribution in [0, 0.1) is 11.8 Å². The Balaban J connectivity index is 1.85. The van der Waals surface area contributed by atoms with E-state index in [4.69, 9.17) is 9.84 Å². The van der Waals surface area contributed by atoms with Crippen LogP contribution in [-0.4, -0.2) is 42.4 Å². The van der Waals surface area contributed by atoms with E-state index in [1.165, 1.54) is 0 Å². The highest BCUT2D eigenvalue weighted by molar-refractivity contribution is 5.89. The van der Waals surface area contributed by atoms with Crippen LogP contribution in [-0.2, 0) is 11.3 Å². The van der Waals surface area contributed by atoms with Crippen molar-refractivity contribution in [2.45, 2.75) is 12.7 Å². The number of nitrogens with zero attached hydrogens (tertiary/aromatic N) is 1. The van der Waals surface area contributed by atoms with Gasteiger partial charge in [0.2, 0.25) is 0 Å². The van der Waals surface area contributed by atoms with Crippen molar-refractivity contribution >= 4 is 16.7 Å². The monoisotopic (exact) mass is 353 g/mol. The van der Waals surface area contributed by atoms with Crippen molar-refractivity contribution < 1.29 is 27.8 Å². The first kappa shape index (κ1) is 17.5. The minimum atomic E-state index is -4.51. The molecule has 1 aliphatic rings. The summed E-state index contributed by atoms with van der Waals surface area (Å²) in [6.07, 6.45) is -4.51. The lowest BCUT2D eigenvalue weighted by Gasteiger charge is -2.19.